The summed E-state index contributed by atoms with van der Waals surface area (Å²) in [5.41, 5.74) is 0.592. The number of rotatable bonds is 8. The lowest BCUT2D eigenvalue weighted by Gasteiger charge is -2.38. The minimum atomic E-state index is -4.23. The zero-order chi connectivity index (χ0) is 24.3. The molecule has 2 aromatic carbocycles. The molecule has 0 bridgehead atoms. The van der Waals surface area contributed by atoms with E-state index < -0.39 is 38.1 Å². The summed E-state index contributed by atoms with van der Waals surface area (Å²) in [5.74, 6) is -0.369. The summed E-state index contributed by atoms with van der Waals surface area (Å²) in [4.78, 5) is 12.7. The molecule has 1 saturated heterocycles. The van der Waals surface area contributed by atoms with E-state index >= 15 is 0 Å². The van der Waals surface area contributed by atoms with E-state index in [1.807, 2.05) is 18.2 Å². The van der Waals surface area contributed by atoms with Crippen LogP contribution in [0.1, 0.15) is 32.3 Å². The molecular weight excluding hydrogens is 463 g/mol. The van der Waals surface area contributed by atoms with Crippen molar-refractivity contribution in [2.45, 2.75) is 43.0 Å². The molecule has 2 heterocycles. The highest BCUT2D eigenvalue weighted by atomic mass is 32.2. The number of carbonyl (C=O) groups excluding carboxylic acids is 1. The maximum absolute atomic E-state index is 14.1. The van der Waals surface area contributed by atoms with E-state index in [1.54, 1.807) is 13.8 Å². The Morgan fingerprint density at radius 2 is 1.79 bits per heavy atom. The van der Waals surface area contributed by atoms with Gasteiger partial charge in [-0.05, 0) is 48.6 Å². The van der Waals surface area contributed by atoms with Crippen LogP contribution in [-0.4, -0.2) is 46.9 Å². The topological polar surface area (TPSA) is 103 Å². The molecule has 2 N–H and O–H groups in total. The van der Waals surface area contributed by atoms with E-state index in [-0.39, 0.29) is 12.7 Å². The van der Waals surface area contributed by atoms with E-state index in [1.165, 1.54) is 18.2 Å². The quantitative estimate of drug-likeness (QED) is 0.588. The standard InChI is InChI=1S/C24H29FN2O6S/c1-16(2)22(27-34(29,30)21-6-4-3-5-18(21)25)23(28)26-14-24(9-11-31-12-10-24)17-7-8-19-20(13-17)33-15-32-19/h3-8,13,16,22,27H,9-12,14-15H2,1-2H3,(H,26,28)/t22-/m0/s1. The molecule has 184 valence electrons. The highest BCUT2D eigenvalue weighted by Gasteiger charge is 2.37. The second kappa shape index (κ2) is 9.89. The van der Waals surface area contributed by atoms with E-state index in [0.29, 0.717) is 44.1 Å². The van der Waals surface area contributed by atoms with Crippen molar-refractivity contribution in [3.63, 3.8) is 0 Å². The van der Waals surface area contributed by atoms with Crippen molar-refractivity contribution in [2.24, 2.45) is 5.92 Å². The number of sulfonamides is 1. The van der Waals surface area contributed by atoms with Gasteiger partial charge in [-0.2, -0.15) is 4.72 Å². The fourth-order valence-corrected chi connectivity index (χ4v) is 5.73. The first-order chi connectivity index (χ1) is 16.2. The predicted molar refractivity (Wildman–Crippen MR) is 123 cm³/mol. The fraction of sp³-hybridized carbons (Fsp3) is 0.458. The summed E-state index contributed by atoms with van der Waals surface area (Å²) in [6.45, 7) is 5.01. The van der Waals surface area contributed by atoms with Crippen LogP contribution in [0.25, 0.3) is 0 Å². The molecule has 0 radical (unpaired) electrons. The number of carbonyl (C=O) groups is 1. The summed E-state index contributed by atoms with van der Waals surface area (Å²) in [6.07, 6.45) is 1.36. The van der Waals surface area contributed by atoms with Crippen LogP contribution in [0.5, 0.6) is 11.5 Å². The third-order valence-corrected chi connectivity index (χ3v) is 7.87. The maximum atomic E-state index is 14.1. The summed E-state index contributed by atoms with van der Waals surface area (Å²) in [7, 11) is -4.23. The highest BCUT2D eigenvalue weighted by molar-refractivity contribution is 7.89. The van der Waals surface area contributed by atoms with Gasteiger partial charge in [-0.15, -0.1) is 0 Å². The van der Waals surface area contributed by atoms with Crippen molar-refractivity contribution in [1.82, 2.24) is 10.0 Å². The van der Waals surface area contributed by atoms with E-state index in [9.17, 15) is 17.6 Å². The fourth-order valence-electron chi connectivity index (χ4n) is 4.31. The van der Waals surface area contributed by atoms with Crippen LogP contribution in [0.4, 0.5) is 4.39 Å². The third kappa shape index (κ3) is 5.03. The van der Waals surface area contributed by atoms with Gasteiger partial charge in [-0.25, -0.2) is 12.8 Å². The van der Waals surface area contributed by atoms with Crippen LogP contribution < -0.4 is 19.5 Å². The summed E-state index contributed by atoms with van der Waals surface area (Å²) in [6, 6.07) is 9.76. The molecule has 8 nitrogen and oxygen atoms in total. The molecule has 1 amide bonds. The van der Waals surface area contributed by atoms with Crippen LogP contribution in [0, 0.1) is 11.7 Å². The number of hydrogen-bond acceptors (Lipinski definition) is 6. The SMILES string of the molecule is CC(C)[C@H](NS(=O)(=O)c1ccccc1F)C(=O)NCC1(c2ccc3c(c2)OCO3)CCOCC1. The minimum absolute atomic E-state index is 0.170. The minimum Gasteiger partial charge on any atom is -0.454 e. The van der Waals surface area contributed by atoms with Gasteiger partial charge in [0, 0.05) is 25.2 Å². The first-order valence-corrected chi connectivity index (χ1v) is 12.7. The normalized spacial score (nSPS) is 18.0. The average Bonchev–Trinajstić information content (AvgIpc) is 3.30. The molecule has 0 spiro atoms. The van der Waals surface area contributed by atoms with Gasteiger partial charge in [0.1, 0.15) is 16.8 Å². The van der Waals surface area contributed by atoms with Gasteiger partial charge in [0.05, 0.1) is 0 Å². The molecule has 2 aromatic rings. The number of hydrogen-bond donors (Lipinski definition) is 2. The molecule has 0 saturated carbocycles. The maximum Gasteiger partial charge on any atom is 0.244 e. The monoisotopic (exact) mass is 492 g/mol. The molecular formula is C24H29FN2O6S. The van der Waals surface area contributed by atoms with Gasteiger partial charge in [0.2, 0.25) is 22.7 Å². The Hall–Kier alpha value is -2.69. The Morgan fingerprint density at radius 1 is 1.09 bits per heavy atom. The highest BCUT2D eigenvalue weighted by Crippen LogP contribution is 2.40. The van der Waals surface area contributed by atoms with E-state index in [0.717, 1.165) is 11.6 Å². The summed E-state index contributed by atoms with van der Waals surface area (Å²) < 4.78 is 58.6. The number of nitrogens with one attached hydrogen (secondary N) is 2. The first-order valence-electron chi connectivity index (χ1n) is 11.2. The predicted octanol–water partition coefficient (Wildman–Crippen LogP) is 2.72. The summed E-state index contributed by atoms with van der Waals surface area (Å²) in [5, 5.41) is 2.94. The van der Waals surface area contributed by atoms with Crippen LogP contribution in [0.3, 0.4) is 0 Å². The summed E-state index contributed by atoms with van der Waals surface area (Å²) >= 11 is 0. The molecule has 10 heteroatoms. The lowest BCUT2D eigenvalue weighted by Crippen LogP contribution is -2.53. The van der Waals surface area contributed by atoms with Crippen LogP contribution in [-0.2, 0) is 25.0 Å². The third-order valence-electron chi connectivity index (χ3n) is 6.39. The van der Waals surface area contributed by atoms with E-state index in [2.05, 4.69) is 10.0 Å². The van der Waals surface area contributed by atoms with Crippen LogP contribution >= 0.6 is 0 Å². The van der Waals surface area contributed by atoms with E-state index in [4.69, 9.17) is 14.2 Å². The molecule has 1 fully saturated rings. The number of amides is 1. The molecule has 0 aromatic heterocycles. The molecule has 0 unspecified atom stereocenters. The van der Waals surface area contributed by atoms with Gasteiger partial charge in [-0.1, -0.05) is 32.0 Å². The molecule has 34 heavy (non-hydrogen) atoms. The van der Waals surface area contributed by atoms with Crippen molar-refractivity contribution in [3.05, 3.63) is 53.8 Å². The molecule has 4 rings (SSSR count). The smallest absolute Gasteiger partial charge is 0.244 e. The lowest BCUT2D eigenvalue weighted by molar-refractivity contribution is -0.124. The van der Waals surface area contributed by atoms with Crippen molar-refractivity contribution in [3.8, 4) is 11.5 Å². The first kappa shape index (κ1) is 24.4. The van der Waals surface area contributed by atoms with Gasteiger partial charge in [0.25, 0.3) is 0 Å². The number of fused-ring (bicyclic) bond motifs is 1. The van der Waals surface area contributed by atoms with Crippen molar-refractivity contribution >= 4 is 15.9 Å². The molecule has 1 atom stereocenters. The number of halogens is 1. The van der Waals surface area contributed by atoms with Gasteiger partial charge >= 0.3 is 0 Å². The second-order valence-electron chi connectivity index (χ2n) is 8.95. The van der Waals surface area contributed by atoms with Crippen molar-refractivity contribution in [2.75, 3.05) is 26.6 Å². The zero-order valence-electron chi connectivity index (χ0n) is 19.2. The van der Waals surface area contributed by atoms with Crippen molar-refractivity contribution in [1.29, 1.82) is 0 Å². The number of benzene rings is 2. The Bertz CT molecular complexity index is 1150. The number of ether oxygens (including phenoxy) is 3. The van der Waals surface area contributed by atoms with Gasteiger partial charge in [0.15, 0.2) is 11.5 Å². The molecule has 0 aliphatic carbocycles. The van der Waals surface area contributed by atoms with Crippen molar-refractivity contribution < 1.29 is 31.8 Å². The second-order valence-corrected chi connectivity index (χ2v) is 10.6. The lowest BCUT2D eigenvalue weighted by atomic mass is 9.74. The Morgan fingerprint density at radius 3 is 2.50 bits per heavy atom. The van der Waals surface area contributed by atoms with Gasteiger partial charge < -0.3 is 19.5 Å². The average molecular weight is 493 g/mol. The Kier molecular flexibility index (Phi) is 7.11. The molecule has 2 aliphatic heterocycles. The van der Waals surface area contributed by atoms with Crippen LogP contribution in [0.15, 0.2) is 47.4 Å². The molecule has 2 aliphatic rings. The Balaban J connectivity index is 1.52. The zero-order valence-corrected chi connectivity index (χ0v) is 20.0. The van der Waals surface area contributed by atoms with Crippen LogP contribution in [0.2, 0.25) is 0 Å². The van der Waals surface area contributed by atoms with Gasteiger partial charge in [-0.3, -0.25) is 4.79 Å². The Labute approximate surface area is 198 Å². The largest absolute Gasteiger partial charge is 0.454 e.